The third-order valence-electron chi connectivity index (χ3n) is 4.37. The zero-order chi connectivity index (χ0) is 18.8. The van der Waals surface area contributed by atoms with Crippen LogP contribution in [0.15, 0.2) is 76.8 Å². The van der Waals surface area contributed by atoms with Crippen molar-refractivity contribution in [2.24, 2.45) is 10.2 Å². The Hall–Kier alpha value is -3.25. The third-order valence-corrected chi connectivity index (χ3v) is 5.23. The van der Waals surface area contributed by atoms with Crippen LogP contribution >= 0.6 is 11.3 Å². The molecular formula is C21H17N3O2S. The lowest BCUT2D eigenvalue weighted by Crippen LogP contribution is -2.15. The molecule has 0 unspecified atom stereocenters. The van der Waals surface area contributed by atoms with Crippen LogP contribution in [0.25, 0.3) is 11.3 Å². The van der Waals surface area contributed by atoms with E-state index in [0.29, 0.717) is 22.6 Å². The molecular weight excluding hydrogens is 358 g/mol. The van der Waals surface area contributed by atoms with Gasteiger partial charge in [0, 0.05) is 28.6 Å². The number of benzene rings is 2. The quantitative estimate of drug-likeness (QED) is 0.553. The lowest BCUT2D eigenvalue weighted by Gasteiger charge is -2.06. The average Bonchev–Trinajstić information content (AvgIpc) is 3.22. The van der Waals surface area contributed by atoms with Gasteiger partial charge in [-0.05, 0) is 12.1 Å². The van der Waals surface area contributed by atoms with Crippen LogP contribution in [0.3, 0.4) is 0 Å². The molecule has 2 aromatic carbocycles. The molecule has 6 heteroatoms. The second kappa shape index (κ2) is 7.17. The zero-order valence-corrected chi connectivity index (χ0v) is 15.3. The van der Waals surface area contributed by atoms with Gasteiger partial charge in [-0.3, -0.25) is 4.79 Å². The zero-order valence-electron chi connectivity index (χ0n) is 14.5. The Morgan fingerprint density at radius 2 is 1.96 bits per heavy atom. The highest BCUT2D eigenvalue weighted by atomic mass is 32.1. The second-order valence-corrected chi connectivity index (χ2v) is 6.98. The summed E-state index contributed by atoms with van der Waals surface area (Å²) in [4.78, 5) is 12.8. The minimum Gasteiger partial charge on any atom is -0.508 e. The minimum atomic E-state index is 0.0742. The number of fused-ring (bicyclic) bond motifs is 1. The van der Waals surface area contributed by atoms with Gasteiger partial charge in [0.2, 0.25) is 4.80 Å². The molecule has 0 fully saturated rings. The molecule has 1 aromatic heterocycles. The molecule has 0 saturated heterocycles. The van der Waals surface area contributed by atoms with Crippen LogP contribution in [0.4, 0.5) is 0 Å². The Balaban J connectivity index is 1.79. The lowest BCUT2D eigenvalue weighted by atomic mass is 10.1. The number of Topliss-reactive ketones (excluding diaryl/α,β-unsaturated/α-hetero) is 1. The fraction of sp³-hybridized carbons (Fsp3) is 0.0952. The maximum Gasteiger partial charge on any atom is 0.211 e. The van der Waals surface area contributed by atoms with E-state index >= 15 is 0 Å². The van der Waals surface area contributed by atoms with Crippen molar-refractivity contribution in [3.05, 3.63) is 82.5 Å². The van der Waals surface area contributed by atoms with E-state index in [0.717, 1.165) is 16.8 Å². The molecule has 0 spiro atoms. The molecule has 5 nitrogen and oxygen atoms in total. The van der Waals surface area contributed by atoms with Crippen molar-refractivity contribution >= 4 is 22.8 Å². The largest absolute Gasteiger partial charge is 0.508 e. The predicted molar refractivity (Wildman–Crippen MR) is 107 cm³/mol. The number of rotatable bonds is 4. The summed E-state index contributed by atoms with van der Waals surface area (Å²) >= 11 is 1.46. The van der Waals surface area contributed by atoms with Crippen LogP contribution in [0.1, 0.15) is 22.3 Å². The smallest absolute Gasteiger partial charge is 0.211 e. The highest BCUT2D eigenvalue weighted by Gasteiger charge is 2.24. The Morgan fingerprint density at radius 1 is 1.15 bits per heavy atom. The van der Waals surface area contributed by atoms with Crippen molar-refractivity contribution in [1.82, 2.24) is 4.57 Å². The van der Waals surface area contributed by atoms with E-state index in [2.05, 4.69) is 16.8 Å². The molecule has 0 atom stereocenters. The monoisotopic (exact) mass is 375 g/mol. The van der Waals surface area contributed by atoms with Crippen molar-refractivity contribution in [2.45, 2.75) is 13.0 Å². The van der Waals surface area contributed by atoms with Gasteiger partial charge < -0.3 is 9.67 Å². The van der Waals surface area contributed by atoms with E-state index in [1.807, 2.05) is 40.3 Å². The maximum atomic E-state index is 12.1. The molecule has 0 bridgehead atoms. The van der Waals surface area contributed by atoms with Crippen molar-refractivity contribution < 1.29 is 9.90 Å². The van der Waals surface area contributed by atoms with Crippen LogP contribution in [0.5, 0.6) is 5.75 Å². The third kappa shape index (κ3) is 3.27. The van der Waals surface area contributed by atoms with E-state index in [1.54, 1.807) is 24.3 Å². The van der Waals surface area contributed by atoms with E-state index in [4.69, 9.17) is 0 Å². The molecule has 1 aliphatic rings. The van der Waals surface area contributed by atoms with Crippen LogP contribution in [-0.4, -0.2) is 21.2 Å². The standard InChI is InChI=1S/C21H17N3O2S/c1-2-10-24-19(14-6-5-7-15(25)11-14)13-27-21(24)23-22-18-12-20(26)17-9-4-3-8-16(17)18/h2-9,11,13,25H,1,10,12H2/b22-18-,23-21-. The fourth-order valence-electron chi connectivity index (χ4n) is 3.12. The second-order valence-electron chi connectivity index (χ2n) is 6.15. The van der Waals surface area contributed by atoms with Gasteiger partial charge in [-0.2, -0.15) is 5.10 Å². The summed E-state index contributed by atoms with van der Waals surface area (Å²) < 4.78 is 1.99. The molecule has 3 aromatic rings. The number of ketones is 1. The number of hydrogen-bond acceptors (Lipinski definition) is 5. The van der Waals surface area contributed by atoms with E-state index in [9.17, 15) is 9.90 Å². The van der Waals surface area contributed by atoms with Gasteiger partial charge in [-0.1, -0.05) is 42.5 Å². The van der Waals surface area contributed by atoms with Crippen molar-refractivity contribution in [1.29, 1.82) is 0 Å². The van der Waals surface area contributed by atoms with Crippen LogP contribution < -0.4 is 4.80 Å². The van der Waals surface area contributed by atoms with Crippen LogP contribution in [-0.2, 0) is 6.54 Å². The van der Waals surface area contributed by atoms with E-state index < -0.39 is 0 Å². The highest BCUT2D eigenvalue weighted by molar-refractivity contribution is 7.07. The molecule has 27 heavy (non-hydrogen) atoms. The van der Waals surface area contributed by atoms with Gasteiger partial charge in [-0.15, -0.1) is 23.0 Å². The number of nitrogens with zero attached hydrogens (tertiary/aromatic N) is 3. The average molecular weight is 375 g/mol. The van der Waals surface area contributed by atoms with Gasteiger partial charge in [-0.25, -0.2) is 0 Å². The minimum absolute atomic E-state index is 0.0742. The van der Waals surface area contributed by atoms with Crippen molar-refractivity contribution in [3.8, 4) is 17.0 Å². The van der Waals surface area contributed by atoms with Gasteiger partial charge in [0.1, 0.15) is 5.75 Å². The van der Waals surface area contributed by atoms with Gasteiger partial charge in [0.25, 0.3) is 0 Å². The van der Waals surface area contributed by atoms with Gasteiger partial charge in [0.15, 0.2) is 5.78 Å². The summed E-state index contributed by atoms with van der Waals surface area (Å²) in [6, 6.07) is 14.6. The number of thiazole rings is 1. The normalized spacial score (nSPS) is 15.3. The summed E-state index contributed by atoms with van der Waals surface area (Å²) in [7, 11) is 0. The molecule has 0 saturated carbocycles. The predicted octanol–water partition coefficient (Wildman–Crippen LogP) is 4.00. The number of aromatic hydroxyl groups is 1. The molecule has 134 valence electrons. The summed E-state index contributed by atoms with van der Waals surface area (Å²) in [5, 5.41) is 20.5. The first kappa shape index (κ1) is 17.2. The Bertz CT molecular complexity index is 1140. The number of phenolic OH excluding ortho intramolecular Hbond substituents is 1. The molecule has 0 radical (unpaired) electrons. The number of phenols is 1. The summed E-state index contributed by atoms with van der Waals surface area (Å²) in [5.74, 6) is 0.286. The van der Waals surface area contributed by atoms with Crippen molar-refractivity contribution in [3.63, 3.8) is 0 Å². The first-order valence-corrected chi connectivity index (χ1v) is 9.37. The van der Waals surface area contributed by atoms with Crippen molar-refractivity contribution in [2.75, 3.05) is 0 Å². The number of allylic oxidation sites excluding steroid dienone is 1. The summed E-state index contributed by atoms with van der Waals surface area (Å²) in [5.41, 5.74) is 4.07. The number of carbonyl (C=O) groups excluding carboxylic acids is 1. The van der Waals surface area contributed by atoms with E-state index in [-0.39, 0.29) is 18.0 Å². The molecule has 0 aliphatic heterocycles. The number of carbonyl (C=O) groups is 1. The molecule has 1 N–H and O–H groups in total. The SMILES string of the molecule is C=CCn1c(-c2cccc(O)c2)cs/c1=N\N=C1\CC(=O)c2ccccc21. The van der Waals surface area contributed by atoms with Crippen LogP contribution in [0.2, 0.25) is 0 Å². The molecule has 1 heterocycles. The Morgan fingerprint density at radius 3 is 2.74 bits per heavy atom. The summed E-state index contributed by atoms with van der Waals surface area (Å²) in [6.07, 6.45) is 2.06. The lowest BCUT2D eigenvalue weighted by molar-refractivity contribution is 0.101. The number of aromatic nitrogens is 1. The van der Waals surface area contributed by atoms with Crippen LogP contribution in [0, 0.1) is 0 Å². The van der Waals surface area contributed by atoms with Gasteiger partial charge in [0.05, 0.1) is 17.8 Å². The molecule has 1 aliphatic carbocycles. The number of hydrogen-bond donors (Lipinski definition) is 1. The van der Waals surface area contributed by atoms with Gasteiger partial charge >= 0.3 is 0 Å². The Kier molecular flexibility index (Phi) is 4.56. The first-order valence-electron chi connectivity index (χ1n) is 8.49. The topological polar surface area (TPSA) is 66.9 Å². The molecule has 0 amide bonds. The maximum absolute atomic E-state index is 12.1. The first-order chi connectivity index (χ1) is 13.2. The molecule has 4 rings (SSSR count). The Labute approximate surface area is 160 Å². The van der Waals surface area contributed by atoms with E-state index in [1.165, 1.54) is 11.3 Å². The highest BCUT2D eigenvalue weighted by Crippen LogP contribution is 2.24. The fourth-order valence-corrected chi connectivity index (χ4v) is 3.99. The summed E-state index contributed by atoms with van der Waals surface area (Å²) in [6.45, 7) is 4.38.